The average Bonchev–Trinajstić information content (AvgIpc) is 2.89. The Balaban J connectivity index is 1.67. The van der Waals surface area contributed by atoms with E-state index in [1.54, 1.807) is 17.8 Å². The minimum Gasteiger partial charge on any atom is -0.325 e. The third-order valence-corrected chi connectivity index (χ3v) is 6.13. The minimum absolute atomic E-state index is 0.0147. The van der Waals surface area contributed by atoms with Gasteiger partial charge in [-0.15, -0.1) is 0 Å². The van der Waals surface area contributed by atoms with Crippen molar-refractivity contribution < 1.29 is 13.2 Å². The Bertz CT molecular complexity index is 861. The van der Waals surface area contributed by atoms with E-state index in [4.69, 9.17) is 0 Å². The Morgan fingerprint density at radius 1 is 1.08 bits per heavy atom. The molecule has 0 saturated carbocycles. The summed E-state index contributed by atoms with van der Waals surface area (Å²) in [4.78, 5) is 14.3. The normalized spacial score (nSPS) is 18.4. The molecule has 0 bridgehead atoms. The van der Waals surface area contributed by atoms with Crippen molar-refractivity contribution in [1.29, 1.82) is 0 Å². The van der Waals surface area contributed by atoms with Crippen LogP contribution in [0.5, 0.6) is 0 Å². The van der Waals surface area contributed by atoms with E-state index in [1.165, 1.54) is 5.41 Å². The number of para-hydroxylation sites is 1. The van der Waals surface area contributed by atoms with Crippen LogP contribution in [0.25, 0.3) is 0 Å². The lowest BCUT2D eigenvalue weighted by Gasteiger charge is -2.12. The number of benzene rings is 2. The van der Waals surface area contributed by atoms with E-state index in [-0.39, 0.29) is 24.0 Å². The first-order chi connectivity index (χ1) is 11.5. The maximum atomic E-state index is 12.2. The maximum Gasteiger partial charge on any atom is 0.225 e. The zero-order chi connectivity index (χ0) is 17.0. The fourth-order valence-corrected chi connectivity index (χ4v) is 4.80. The van der Waals surface area contributed by atoms with Gasteiger partial charge in [0.1, 0.15) is 0 Å². The van der Waals surface area contributed by atoms with Crippen molar-refractivity contribution in [2.75, 3.05) is 11.1 Å². The van der Waals surface area contributed by atoms with Crippen LogP contribution >= 0.6 is 11.8 Å². The van der Waals surface area contributed by atoms with Gasteiger partial charge >= 0.3 is 0 Å². The van der Waals surface area contributed by atoms with E-state index in [2.05, 4.69) is 5.32 Å². The number of hydrogen-bond donors (Lipinski definition) is 1. The molecule has 3 rings (SSSR count). The number of hydrogen-bond acceptors (Lipinski definition) is 4. The molecule has 124 valence electrons. The number of sulfone groups is 1. The number of allylic oxidation sites excluding steroid dienone is 1. The highest BCUT2D eigenvalue weighted by Gasteiger charge is 2.24. The molecule has 0 aromatic heterocycles. The number of nitrogens with one attached hydrogen (secondary N) is 1. The zero-order valence-electron chi connectivity index (χ0n) is 12.9. The quantitative estimate of drug-likeness (QED) is 0.884. The lowest BCUT2D eigenvalue weighted by molar-refractivity contribution is -0.116. The van der Waals surface area contributed by atoms with Gasteiger partial charge in [0.05, 0.1) is 11.4 Å². The van der Waals surface area contributed by atoms with Gasteiger partial charge in [0, 0.05) is 27.5 Å². The molecule has 24 heavy (non-hydrogen) atoms. The number of carbonyl (C=O) groups is 1. The molecule has 2 aromatic rings. The van der Waals surface area contributed by atoms with E-state index in [0.29, 0.717) is 0 Å². The van der Waals surface area contributed by atoms with Gasteiger partial charge in [0.25, 0.3) is 0 Å². The second kappa shape index (κ2) is 7.23. The van der Waals surface area contributed by atoms with Crippen LogP contribution in [0, 0.1) is 5.92 Å². The average molecular weight is 359 g/mol. The van der Waals surface area contributed by atoms with Crippen LogP contribution in [-0.4, -0.2) is 20.1 Å². The molecule has 4 nitrogen and oxygen atoms in total. The van der Waals surface area contributed by atoms with Gasteiger partial charge in [-0.2, -0.15) is 0 Å². The number of carbonyl (C=O) groups excluding carboxylic acids is 1. The van der Waals surface area contributed by atoms with Crippen LogP contribution in [0.15, 0.2) is 75.9 Å². The van der Waals surface area contributed by atoms with Gasteiger partial charge < -0.3 is 5.32 Å². The Labute approximate surface area is 145 Å². The van der Waals surface area contributed by atoms with Crippen molar-refractivity contribution in [2.24, 2.45) is 5.92 Å². The molecule has 0 fully saturated rings. The molecule has 0 aliphatic carbocycles. The first-order valence-corrected chi connectivity index (χ1v) is 10.1. The van der Waals surface area contributed by atoms with Gasteiger partial charge in [-0.1, -0.05) is 48.2 Å². The van der Waals surface area contributed by atoms with E-state index in [1.807, 2.05) is 54.6 Å². The van der Waals surface area contributed by atoms with Gasteiger partial charge in [-0.05, 0) is 24.3 Å². The minimum atomic E-state index is -3.13. The Kier molecular flexibility index (Phi) is 5.06. The molecule has 0 spiro atoms. The largest absolute Gasteiger partial charge is 0.325 e. The fraction of sp³-hybridized carbons (Fsp3) is 0.167. The highest BCUT2D eigenvalue weighted by atomic mass is 32.2. The second-order valence-corrected chi connectivity index (χ2v) is 8.63. The van der Waals surface area contributed by atoms with Crippen molar-refractivity contribution in [3.63, 3.8) is 0 Å². The maximum absolute atomic E-state index is 12.2. The second-order valence-electron chi connectivity index (χ2n) is 5.58. The molecule has 6 heteroatoms. The lowest BCUT2D eigenvalue weighted by atomic mass is 10.1. The zero-order valence-corrected chi connectivity index (χ0v) is 14.5. The third kappa shape index (κ3) is 4.49. The van der Waals surface area contributed by atoms with Crippen LogP contribution in [0.2, 0.25) is 0 Å². The van der Waals surface area contributed by atoms with Crippen molar-refractivity contribution in [2.45, 2.75) is 16.2 Å². The first-order valence-electron chi connectivity index (χ1n) is 7.54. The summed E-state index contributed by atoms with van der Waals surface area (Å²) >= 11 is 1.57. The molecule has 1 aliphatic heterocycles. The SMILES string of the molecule is O=C(CC1C=CS(=O)(=O)C1)Nc1ccccc1Sc1ccccc1. The van der Waals surface area contributed by atoms with Crippen LogP contribution < -0.4 is 5.32 Å². The smallest absolute Gasteiger partial charge is 0.225 e. The number of anilines is 1. The van der Waals surface area contributed by atoms with Gasteiger partial charge in [-0.25, -0.2) is 8.42 Å². The summed E-state index contributed by atoms with van der Waals surface area (Å²) in [7, 11) is -3.13. The molecule has 1 N–H and O–H groups in total. The highest BCUT2D eigenvalue weighted by Crippen LogP contribution is 2.33. The van der Waals surface area contributed by atoms with Gasteiger partial charge in [0.2, 0.25) is 5.91 Å². The molecule has 1 amide bonds. The summed E-state index contributed by atoms with van der Waals surface area (Å²) < 4.78 is 22.8. The summed E-state index contributed by atoms with van der Waals surface area (Å²) in [5.74, 6) is -0.410. The summed E-state index contributed by atoms with van der Waals surface area (Å²) in [5.41, 5.74) is 0.737. The fourth-order valence-electron chi connectivity index (χ4n) is 2.48. The molecule has 1 atom stereocenters. The third-order valence-electron chi connectivity index (χ3n) is 3.58. The monoisotopic (exact) mass is 359 g/mol. The van der Waals surface area contributed by atoms with Gasteiger partial charge in [-0.3, -0.25) is 4.79 Å². The molecule has 1 unspecified atom stereocenters. The van der Waals surface area contributed by atoms with E-state index in [0.717, 1.165) is 15.5 Å². The van der Waals surface area contributed by atoms with Gasteiger partial charge in [0.15, 0.2) is 9.84 Å². The first kappa shape index (κ1) is 16.8. The van der Waals surface area contributed by atoms with Crippen molar-refractivity contribution in [1.82, 2.24) is 0 Å². The topological polar surface area (TPSA) is 63.2 Å². The Morgan fingerprint density at radius 2 is 1.79 bits per heavy atom. The molecular formula is C18H17NO3S2. The molecule has 1 aliphatic rings. The van der Waals surface area contributed by atoms with Crippen LogP contribution in [0.4, 0.5) is 5.69 Å². The Morgan fingerprint density at radius 3 is 2.50 bits per heavy atom. The molecule has 2 aromatic carbocycles. The van der Waals surface area contributed by atoms with Crippen LogP contribution in [-0.2, 0) is 14.6 Å². The summed E-state index contributed by atoms with van der Waals surface area (Å²) in [5, 5.41) is 4.10. The van der Waals surface area contributed by atoms with Crippen molar-refractivity contribution in [3.8, 4) is 0 Å². The van der Waals surface area contributed by atoms with E-state index < -0.39 is 9.84 Å². The van der Waals surface area contributed by atoms with E-state index >= 15 is 0 Å². The highest BCUT2D eigenvalue weighted by molar-refractivity contribution is 7.99. The van der Waals surface area contributed by atoms with Crippen LogP contribution in [0.3, 0.4) is 0 Å². The molecule has 0 radical (unpaired) electrons. The summed E-state index contributed by atoms with van der Waals surface area (Å²) in [6.45, 7) is 0. The molecule has 1 heterocycles. The van der Waals surface area contributed by atoms with Crippen molar-refractivity contribution in [3.05, 3.63) is 66.1 Å². The standard InChI is InChI=1S/C18H17NO3S2/c20-18(12-14-10-11-24(21,22)13-14)19-16-8-4-5-9-17(16)23-15-6-2-1-3-7-15/h1-11,14H,12-13H2,(H,19,20). The Hall–Kier alpha value is -2.05. The lowest BCUT2D eigenvalue weighted by Crippen LogP contribution is -2.18. The predicted octanol–water partition coefficient (Wildman–Crippen LogP) is 3.72. The summed E-state index contributed by atoms with van der Waals surface area (Å²) in [6.07, 6.45) is 1.76. The summed E-state index contributed by atoms with van der Waals surface area (Å²) in [6, 6.07) is 17.5. The van der Waals surface area contributed by atoms with Crippen LogP contribution in [0.1, 0.15) is 6.42 Å². The number of rotatable bonds is 5. The molecule has 0 saturated heterocycles. The number of amides is 1. The molecular weight excluding hydrogens is 342 g/mol. The predicted molar refractivity (Wildman–Crippen MR) is 96.7 cm³/mol. The van der Waals surface area contributed by atoms with E-state index in [9.17, 15) is 13.2 Å². The van der Waals surface area contributed by atoms with Crippen molar-refractivity contribution >= 4 is 33.2 Å².